The summed E-state index contributed by atoms with van der Waals surface area (Å²) in [5.74, 6) is 1.11. The molecule has 0 spiro atoms. The summed E-state index contributed by atoms with van der Waals surface area (Å²) in [6.45, 7) is 2.75. The largest absolute Gasteiger partial charge is 0.382 e. The molecule has 0 aliphatic carbocycles. The minimum absolute atomic E-state index is 0.403. The van der Waals surface area contributed by atoms with Crippen LogP contribution in [0.1, 0.15) is 6.42 Å². The fourth-order valence-electron chi connectivity index (χ4n) is 3.09. The number of nitrogens with two attached hydrogens (primary N) is 1. The number of nitrogens with zero attached hydrogens (tertiary/aromatic N) is 7. The van der Waals surface area contributed by atoms with Crippen LogP contribution in [0.4, 0.5) is 11.6 Å². The van der Waals surface area contributed by atoms with Gasteiger partial charge in [-0.1, -0.05) is 11.6 Å². The van der Waals surface area contributed by atoms with Crippen molar-refractivity contribution in [3.63, 3.8) is 0 Å². The van der Waals surface area contributed by atoms with Crippen molar-refractivity contribution in [2.24, 2.45) is 7.05 Å². The van der Waals surface area contributed by atoms with Gasteiger partial charge in [0.05, 0.1) is 19.1 Å². The lowest BCUT2D eigenvalue weighted by Crippen LogP contribution is -2.43. The lowest BCUT2D eigenvalue weighted by molar-refractivity contribution is 0.291. The molecule has 0 unspecified atom stereocenters. The number of hydrogen-bond donors (Lipinski definition) is 1. The summed E-state index contributed by atoms with van der Waals surface area (Å²) in [4.78, 5) is 9.18. The molecule has 4 heterocycles. The second-order valence-corrected chi connectivity index (χ2v) is 6.55. The van der Waals surface area contributed by atoms with Gasteiger partial charge < -0.3 is 10.6 Å². The minimum Gasteiger partial charge on any atom is -0.382 e. The zero-order valence-electron chi connectivity index (χ0n) is 13.6. The predicted molar refractivity (Wildman–Crippen MR) is 94.1 cm³/mol. The third kappa shape index (κ3) is 2.38. The molecule has 1 aliphatic rings. The van der Waals surface area contributed by atoms with E-state index in [9.17, 15) is 0 Å². The molecule has 0 saturated carbocycles. The quantitative estimate of drug-likeness (QED) is 0.756. The van der Waals surface area contributed by atoms with Gasteiger partial charge in [0, 0.05) is 37.5 Å². The van der Waals surface area contributed by atoms with Gasteiger partial charge in [0.1, 0.15) is 10.8 Å². The highest BCUT2D eigenvalue weighted by molar-refractivity contribution is 6.35. The zero-order valence-corrected chi connectivity index (χ0v) is 14.4. The molecule has 0 radical (unpaired) electrons. The number of hydrogen-bond acceptors (Lipinski definition) is 6. The summed E-state index contributed by atoms with van der Waals surface area (Å²) in [6, 6.07) is 0. The van der Waals surface area contributed by atoms with Crippen LogP contribution >= 0.6 is 11.6 Å². The Morgan fingerprint density at radius 3 is 2.71 bits per heavy atom. The van der Waals surface area contributed by atoms with Gasteiger partial charge in [0.25, 0.3) is 0 Å². The molecule has 1 fully saturated rings. The molecule has 0 aromatic carbocycles. The highest BCUT2D eigenvalue weighted by Gasteiger charge is 2.23. The first-order chi connectivity index (χ1) is 11.5. The van der Waals surface area contributed by atoms with Crippen molar-refractivity contribution in [2.75, 3.05) is 37.4 Å². The molecule has 1 saturated heterocycles. The summed E-state index contributed by atoms with van der Waals surface area (Å²) >= 11 is 6.49. The number of halogens is 1. The van der Waals surface area contributed by atoms with Gasteiger partial charge in [0.15, 0.2) is 11.5 Å². The number of nitrogen functional groups attached to an aromatic ring is 1. The van der Waals surface area contributed by atoms with Crippen LogP contribution < -0.4 is 10.6 Å². The Bertz CT molecular complexity index is 898. The number of aryl methyl sites for hydroxylation is 1. The summed E-state index contributed by atoms with van der Waals surface area (Å²) in [5, 5.41) is 9.01. The van der Waals surface area contributed by atoms with E-state index >= 15 is 0 Å². The van der Waals surface area contributed by atoms with Crippen LogP contribution in [0.5, 0.6) is 0 Å². The summed E-state index contributed by atoms with van der Waals surface area (Å²) in [7, 11) is 3.96. The fraction of sp³-hybridized carbons (Fsp3) is 0.400. The van der Waals surface area contributed by atoms with Gasteiger partial charge in [-0.05, 0) is 13.5 Å². The molecule has 1 aliphatic heterocycles. The molecule has 9 heteroatoms. The molecule has 0 amide bonds. The third-order valence-electron chi connectivity index (χ3n) is 4.30. The Kier molecular flexibility index (Phi) is 3.58. The fourth-order valence-corrected chi connectivity index (χ4v) is 3.34. The summed E-state index contributed by atoms with van der Waals surface area (Å²) < 4.78 is 3.33. The molecular formula is C15H19ClN8. The van der Waals surface area contributed by atoms with E-state index < -0.39 is 0 Å². The first-order valence-electron chi connectivity index (χ1n) is 7.80. The molecule has 3 aromatic heterocycles. The second kappa shape index (κ2) is 5.64. The zero-order chi connectivity index (χ0) is 16.8. The summed E-state index contributed by atoms with van der Waals surface area (Å²) in [5.41, 5.74) is 8.75. The molecule has 0 atom stereocenters. The number of anilines is 2. The smallest absolute Gasteiger partial charge is 0.167 e. The number of rotatable bonds is 2. The molecule has 0 bridgehead atoms. The first-order valence-corrected chi connectivity index (χ1v) is 8.17. The average Bonchev–Trinajstić information content (AvgIpc) is 3.16. The topological polar surface area (TPSA) is 80.5 Å². The predicted octanol–water partition coefficient (Wildman–Crippen LogP) is 1.46. The van der Waals surface area contributed by atoms with Gasteiger partial charge in [-0.3, -0.25) is 9.58 Å². The van der Waals surface area contributed by atoms with Gasteiger partial charge in [-0.2, -0.15) is 14.7 Å². The van der Waals surface area contributed by atoms with Crippen molar-refractivity contribution in [3.8, 4) is 11.1 Å². The van der Waals surface area contributed by atoms with Crippen LogP contribution in [0.25, 0.3) is 16.8 Å². The van der Waals surface area contributed by atoms with Crippen molar-refractivity contribution in [2.45, 2.75) is 6.42 Å². The van der Waals surface area contributed by atoms with Crippen molar-refractivity contribution in [1.29, 1.82) is 0 Å². The molecule has 2 N–H and O–H groups in total. The Morgan fingerprint density at radius 2 is 2.00 bits per heavy atom. The van der Waals surface area contributed by atoms with Gasteiger partial charge in [-0.15, -0.1) is 0 Å². The van der Waals surface area contributed by atoms with Gasteiger partial charge in [0.2, 0.25) is 0 Å². The van der Waals surface area contributed by atoms with Crippen molar-refractivity contribution >= 4 is 28.9 Å². The van der Waals surface area contributed by atoms with E-state index in [0.717, 1.165) is 37.3 Å². The summed E-state index contributed by atoms with van der Waals surface area (Å²) in [6.07, 6.45) is 6.53. The molecule has 4 rings (SSSR count). The number of fused-ring (bicyclic) bond motifs is 1. The standard InChI is InChI=1S/C15H19ClN8/c1-21-4-3-5-23(9-21)15-12(16)13(17)24-14(20-15)11(7-19-24)10-6-18-22(2)8-10/h6-8H,3-5,9,17H2,1-2H3. The van der Waals surface area contributed by atoms with E-state index in [-0.39, 0.29) is 0 Å². The van der Waals surface area contributed by atoms with Crippen molar-refractivity contribution in [3.05, 3.63) is 23.6 Å². The Morgan fingerprint density at radius 1 is 1.17 bits per heavy atom. The van der Waals surface area contributed by atoms with E-state index in [1.54, 1.807) is 21.6 Å². The SMILES string of the molecule is CN1CCCN(c2nc3c(-c4cnn(C)c4)cnn3c(N)c2Cl)C1. The average molecular weight is 347 g/mol. The normalized spacial score (nSPS) is 16.2. The monoisotopic (exact) mass is 346 g/mol. The lowest BCUT2D eigenvalue weighted by Gasteiger charge is -2.34. The van der Waals surface area contributed by atoms with E-state index in [2.05, 4.69) is 27.0 Å². The second-order valence-electron chi connectivity index (χ2n) is 6.17. The maximum absolute atomic E-state index is 6.49. The molecule has 126 valence electrons. The Hall–Kier alpha value is -2.32. The maximum atomic E-state index is 6.49. The van der Waals surface area contributed by atoms with Crippen LogP contribution in [0.2, 0.25) is 5.02 Å². The number of aromatic nitrogens is 5. The van der Waals surface area contributed by atoms with E-state index in [1.165, 1.54) is 0 Å². The van der Waals surface area contributed by atoms with Crippen LogP contribution in [-0.4, -0.2) is 56.1 Å². The highest BCUT2D eigenvalue weighted by Crippen LogP contribution is 2.34. The van der Waals surface area contributed by atoms with Crippen molar-refractivity contribution in [1.82, 2.24) is 29.3 Å². The first kappa shape index (κ1) is 15.2. The third-order valence-corrected chi connectivity index (χ3v) is 4.66. The van der Waals surface area contributed by atoms with Gasteiger partial charge >= 0.3 is 0 Å². The van der Waals surface area contributed by atoms with Crippen molar-refractivity contribution < 1.29 is 0 Å². The molecular weight excluding hydrogens is 328 g/mol. The van der Waals surface area contributed by atoms with E-state index in [1.807, 2.05) is 13.2 Å². The van der Waals surface area contributed by atoms with Crippen LogP contribution in [-0.2, 0) is 7.05 Å². The maximum Gasteiger partial charge on any atom is 0.167 e. The Labute approximate surface area is 144 Å². The van der Waals surface area contributed by atoms with Gasteiger partial charge in [-0.25, -0.2) is 4.98 Å². The van der Waals surface area contributed by atoms with Crippen LogP contribution in [0.15, 0.2) is 18.6 Å². The Balaban J connectivity index is 1.87. The van der Waals surface area contributed by atoms with Crippen LogP contribution in [0.3, 0.4) is 0 Å². The minimum atomic E-state index is 0.403. The highest BCUT2D eigenvalue weighted by atomic mass is 35.5. The molecule has 8 nitrogen and oxygen atoms in total. The molecule has 3 aromatic rings. The van der Waals surface area contributed by atoms with Crippen LogP contribution in [0, 0.1) is 0 Å². The lowest BCUT2D eigenvalue weighted by atomic mass is 10.2. The van der Waals surface area contributed by atoms with E-state index in [4.69, 9.17) is 22.3 Å². The van der Waals surface area contributed by atoms with E-state index in [0.29, 0.717) is 22.3 Å². The molecule has 24 heavy (non-hydrogen) atoms.